The van der Waals surface area contributed by atoms with Crippen molar-refractivity contribution < 1.29 is 40.8 Å². The first-order valence-corrected chi connectivity index (χ1v) is 5.16. The fourth-order valence-corrected chi connectivity index (χ4v) is 0. The molecule has 6 N–H and O–H groups in total. The van der Waals surface area contributed by atoms with Crippen LogP contribution in [0.15, 0.2) is 25.3 Å². The Kier molecular flexibility index (Phi) is 33.3. The minimum absolute atomic E-state index is 0.833. The summed E-state index contributed by atoms with van der Waals surface area (Å²) in [7, 11) is 0. The topological polar surface area (TPSA) is 118 Å². The van der Waals surface area contributed by atoms with E-state index in [1.54, 1.807) is 12.2 Å². The second kappa shape index (κ2) is 22.4. The predicted molar refractivity (Wildman–Crippen MR) is 36.6 cm³/mol. The van der Waals surface area contributed by atoms with Gasteiger partial charge in [-0.25, -0.2) is 0 Å². The molecule has 6 heteroatoms. The predicted octanol–water partition coefficient (Wildman–Crippen LogP) is -3.67. The van der Waals surface area contributed by atoms with Crippen molar-refractivity contribution in [2.75, 3.05) is 13.1 Å². The molecule has 0 rings (SSSR count). The summed E-state index contributed by atoms with van der Waals surface area (Å²) in [5.74, 6) is 0. The molecular weight excluding hydrogens is 196 g/mol. The zero-order valence-corrected chi connectivity index (χ0v) is 8.68. The van der Waals surface area contributed by atoms with Crippen molar-refractivity contribution in [1.82, 2.24) is 0 Å². The van der Waals surface area contributed by atoms with Crippen LogP contribution in [0.5, 0.6) is 0 Å². The molecule has 0 amide bonds. The maximum atomic E-state index is 8.58. The molecule has 0 saturated carbocycles. The van der Waals surface area contributed by atoms with E-state index in [4.69, 9.17) is 10.7 Å². The first-order chi connectivity index (χ1) is 5.56. The molecule has 0 aromatic rings. The van der Waals surface area contributed by atoms with Crippen LogP contribution in [0.25, 0.3) is 0 Å². The summed E-state index contributed by atoms with van der Waals surface area (Å²) in [5.41, 5.74) is 6.97. The van der Waals surface area contributed by atoms with Crippen LogP contribution < -0.4 is 18.8 Å². The van der Waals surface area contributed by atoms with Crippen molar-refractivity contribution >= 4 is 0 Å². The van der Waals surface area contributed by atoms with Crippen LogP contribution in [-0.2, 0) is 21.9 Å². The molecule has 5 nitrogen and oxygen atoms in total. The van der Waals surface area contributed by atoms with Gasteiger partial charge in [0.05, 0.1) is 13.1 Å². The summed E-state index contributed by atoms with van der Waals surface area (Å²) >= 11 is -4.08. The summed E-state index contributed by atoms with van der Waals surface area (Å²) in [6, 6.07) is 0. The van der Waals surface area contributed by atoms with E-state index in [2.05, 4.69) is 24.6 Å². The third-order valence-electron chi connectivity index (χ3n) is 0.408. The van der Waals surface area contributed by atoms with Gasteiger partial charge >= 0.3 is 29.3 Å². The molecular formula is C6H16N2O3Ti. The van der Waals surface area contributed by atoms with E-state index in [1.165, 1.54) is 0 Å². The van der Waals surface area contributed by atoms with Gasteiger partial charge in [0, 0.05) is 0 Å². The van der Waals surface area contributed by atoms with Crippen molar-refractivity contribution in [2.24, 2.45) is 0 Å². The molecule has 0 aliphatic rings. The molecule has 0 saturated heterocycles. The normalized spacial score (nSPS) is 6.33. The zero-order valence-electron chi connectivity index (χ0n) is 7.12. The van der Waals surface area contributed by atoms with Gasteiger partial charge in [0.1, 0.15) is 0 Å². The van der Waals surface area contributed by atoms with E-state index in [1.807, 2.05) is 0 Å². The molecule has 0 fully saturated rings. The third-order valence-corrected chi connectivity index (χ3v) is 0.408. The Morgan fingerprint density at radius 2 is 1.25 bits per heavy atom. The van der Waals surface area contributed by atoms with Crippen LogP contribution in [0.2, 0.25) is 0 Å². The van der Waals surface area contributed by atoms with E-state index in [0.717, 1.165) is 13.1 Å². The molecule has 0 aromatic heterocycles. The third kappa shape index (κ3) is 228. The maximum absolute atomic E-state index is 8.58. The number of rotatable bonds is 2. The fourth-order valence-electron chi connectivity index (χ4n) is 0. The molecule has 0 atom stereocenters. The molecule has 0 radical (unpaired) electrons. The van der Waals surface area contributed by atoms with Crippen LogP contribution in [0.4, 0.5) is 0 Å². The average molecular weight is 212 g/mol. The Balaban J connectivity index is -0.000000101. The summed E-state index contributed by atoms with van der Waals surface area (Å²) in [4.78, 5) is 0. The SMILES string of the molecule is C=CC[NH3+].C=CC[NH3+].[O]=[Ti]([O-])[O-]. The molecule has 0 unspecified atom stereocenters. The van der Waals surface area contributed by atoms with Gasteiger partial charge in [-0.3, -0.25) is 0 Å². The first kappa shape index (κ1) is 17.8. The van der Waals surface area contributed by atoms with Gasteiger partial charge in [-0.1, -0.05) is 13.2 Å². The Morgan fingerprint density at radius 1 is 1.17 bits per heavy atom. The number of hydrogen-bond donors (Lipinski definition) is 2. The van der Waals surface area contributed by atoms with E-state index < -0.39 is 18.6 Å². The van der Waals surface area contributed by atoms with Gasteiger partial charge in [-0.05, 0) is 12.2 Å². The first-order valence-electron chi connectivity index (χ1n) is 3.25. The van der Waals surface area contributed by atoms with Crippen LogP contribution >= 0.6 is 0 Å². The van der Waals surface area contributed by atoms with Crippen molar-refractivity contribution in [1.29, 1.82) is 0 Å². The van der Waals surface area contributed by atoms with Crippen molar-refractivity contribution in [3.63, 3.8) is 0 Å². The molecule has 72 valence electrons. The zero-order chi connectivity index (χ0) is 10.4. The summed E-state index contributed by atoms with van der Waals surface area (Å²) < 4.78 is 25.8. The minimum atomic E-state index is -4.08. The van der Waals surface area contributed by atoms with E-state index in [9.17, 15) is 0 Å². The van der Waals surface area contributed by atoms with Crippen molar-refractivity contribution in [3.05, 3.63) is 25.3 Å². The summed E-state index contributed by atoms with van der Waals surface area (Å²) in [6.07, 6.45) is 3.53. The van der Waals surface area contributed by atoms with E-state index >= 15 is 0 Å². The van der Waals surface area contributed by atoms with Gasteiger partial charge in [0.15, 0.2) is 0 Å². The Hall–Kier alpha value is -0.166. The second-order valence-electron chi connectivity index (χ2n) is 1.40. The Morgan fingerprint density at radius 3 is 1.25 bits per heavy atom. The molecule has 0 aliphatic carbocycles. The molecule has 0 heterocycles. The second-order valence-corrected chi connectivity index (χ2v) is 2.19. The van der Waals surface area contributed by atoms with Crippen LogP contribution in [0.1, 0.15) is 0 Å². The monoisotopic (exact) mass is 212 g/mol. The standard InChI is InChI=1S/2C3H7N.3O.Ti/c2*1-2-3-4;;;;/h2*2H,1,3-4H2;;;;/q;;;2*-1;/p+2. The van der Waals surface area contributed by atoms with E-state index in [0.29, 0.717) is 0 Å². The molecule has 0 aromatic carbocycles. The molecule has 0 spiro atoms. The molecule has 0 aliphatic heterocycles. The van der Waals surface area contributed by atoms with Gasteiger partial charge < -0.3 is 11.5 Å². The van der Waals surface area contributed by atoms with Gasteiger partial charge in [0.2, 0.25) is 0 Å². The Bertz CT molecular complexity index is 107. The van der Waals surface area contributed by atoms with E-state index in [-0.39, 0.29) is 0 Å². The average Bonchev–Trinajstić information content (AvgIpc) is 2.03. The Labute approximate surface area is 79.5 Å². The molecule has 0 bridgehead atoms. The summed E-state index contributed by atoms with van der Waals surface area (Å²) in [5, 5.41) is 0. The fraction of sp³-hybridized carbons (Fsp3) is 0.333. The van der Waals surface area contributed by atoms with Crippen LogP contribution in [0, 0.1) is 0 Å². The van der Waals surface area contributed by atoms with Crippen molar-refractivity contribution in [3.8, 4) is 0 Å². The number of hydrogen-bond acceptors (Lipinski definition) is 3. The quantitative estimate of drug-likeness (QED) is 0.362. The van der Waals surface area contributed by atoms with Gasteiger partial charge in [-0.15, -0.1) is 0 Å². The molecule has 12 heavy (non-hydrogen) atoms. The van der Waals surface area contributed by atoms with Crippen LogP contribution in [-0.4, -0.2) is 13.1 Å². The van der Waals surface area contributed by atoms with Crippen LogP contribution in [0.3, 0.4) is 0 Å². The van der Waals surface area contributed by atoms with Gasteiger partial charge in [-0.2, -0.15) is 0 Å². The summed E-state index contributed by atoms with van der Waals surface area (Å²) in [6.45, 7) is 8.50. The number of quaternary nitrogens is 2. The van der Waals surface area contributed by atoms with Crippen molar-refractivity contribution in [2.45, 2.75) is 0 Å². The van der Waals surface area contributed by atoms with Gasteiger partial charge in [0.25, 0.3) is 0 Å².